The van der Waals surface area contributed by atoms with E-state index >= 15 is 0 Å². The lowest BCUT2D eigenvalue weighted by molar-refractivity contribution is -0.175. The van der Waals surface area contributed by atoms with E-state index < -0.39 is 110 Å². The van der Waals surface area contributed by atoms with E-state index in [0.717, 1.165) is 50.0 Å². The normalized spacial score (nSPS) is 13.8. The van der Waals surface area contributed by atoms with Gasteiger partial charge in [-0.15, -0.1) is 0 Å². The second kappa shape index (κ2) is 21.1. The molecule has 0 aliphatic heterocycles. The molecule has 0 saturated carbocycles. The van der Waals surface area contributed by atoms with Crippen LogP contribution in [0.15, 0.2) is 0 Å². The Labute approximate surface area is 276 Å². The largest absolute Gasteiger partial charge is 0.471 e. The molecule has 0 rings (SSSR count). The first-order valence-corrected chi connectivity index (χ1v) is 15.6. The average Bonchev–Trinajstić information content (AvgIpc) is 3.02. The van der Waals surface area contributed by atoms with Gasteiger partial charge in [-0.05, 0) is 12.8 Å². The molecule has 0 aliphatic carbocycles. The van der Waals surface area contributed by atoms with E-state index in [0.29, 0.717) is 0 Å². The van der Waals surface area contributed by atoms with Crippen molar-refractivity contribution in [3.05, 3.63) is 0 Å². The van der Waals surface area contributed by atoms with Crippen molar-refractivity contribution in [3.8, 4) is 0 Å². The molecule has 16 nitrogen and oxygen atoms in total. The lowest BCUT2D eigenvalue weighted by Crippen LogP contribution is -2.48. The van der Waals surface area contributed by atoms with Gasteiger partial charge in [0.05, 0.1) is 28.4 Å². The maximum Gasteiger partial charge on any atom is 0.471 e. The number of esters is 4. The molecular formula is C24H32F6N4O12S2. The van der Waals surface area contributed by atoms with Crippen LogP contribution in [0.2, 0.25) is 0 Å². The van der Waals surface area contributed by atoms with Gasteiger partial charge in [0.15, 0.2) is 0 Å². The molecule has 0 bridgehead atoms. The maximum atomic E-state index is 12.6. The van der Waals surface area contributed by atoms with Gasteiger partial charge in [0, 0.05) is 24.3 Å². The van der Waals surface area contributed by atoms with E-state index in [1.54, 1.807) is 0 Å². The van der Waals surface area contributed by atoms with Crippen molar-refractivity contribution in [3.63, 3.8) is 0 Å². The van der Waals surface area contributed by atoms with Crippen LogP contribution in [0.5, 0.6) is 0 Å². The molecule has 0 spiro atoms. The van der Waals surface area contributed by atoms with E-state index in [2.05, 4.69) is 29.6 Å². The Hall–Kier alpha value is -3.96. The van der Waals surface area contributed by atoms with Crippen LogP contribution in [-0.2, 0) is 57.3 Å². The van der Waals surface area contributed by atoms with Crippen LogP contribution in [0.25, 0.3) is 0 Å². The van der Waals surface area contributed by atoms with E-state index in [1.807, 2.05) is 0 Å². The molecule has 4 N–H and O–H groups in total. The second-order valence-corrected chi connectivity index (χ2v) is 11.6. The summed E-state index contributed by atoms with van der Waals surface area (Å²) in [5, 5.41) is 7.30. The summed E-state index contributed by atoms with van der Waals surface area (Å²) < 4.78 is 93.3. The van der Waals surface area contributed by atoms with Crippen molar-refractivity contribution >= 4 is 69.1 Å². The van der Waals surface area contributed by atoms with Gasteiger partial charge in [-0.25, -0.2) is 19.2 Å². The Morgan fingerprint density at radius 3 is 1.02 bits per heavy atom. The number of alkyl halides is 6. The molecule has 0 aromatic carbocycles. The number of amides is 4. The van der Waals surface area contributed by atoms with E-state index in [1.165, 1.54) is 10.6 Å². The zero-order chi connectivity index (χ0) is 37.2. The van der Waals surface area contributed by atoms with Gasteiger partial charge >= 0.3 is 48.0 Å². The average molecular weight is 747 g/mol. The quantitative estimate of drug-likeness (QED) is 0.0438. The number of methoxy groups -OCH3 is 4. The van der Waals surface area contributed by atoms with Gasteiger partial charge in [-0.1, -0.05) is 21.6 Å². The maximum absolute atomic E-state index is 12.6. The highest BCUT2D eigenvalue weighted by Crippen LogP contribution is 2.24. The molecule has 0 aromatic rings. The number of nitrogens with one attached hydrogen (secondary N) is 4. The first kappa shape index (κ1) is 44.0. The van der Waals surface area contributed by atoms with Gasteiger partial charge in [0.2, 0.25) is 11.8 Å². The van der Waals surface area contributed by atoms with Crippen LogP contribution in [-0.4, -0.2) is 124 Å². The molecule has 48 heavy (non-hydrogen) atoms. The number of halogens is 6. The zero-order valence-corrected chi connectivity index (χ0v) is 27.2. The Bertz CT molecular complexity index is 1090. The first-order valence-electron chi connectivity index (χ1n) is 13.1. The third-order valence-electron chi connectivity index (χ3n) is 5.61. The molecule has 0 fully saturated rings. The SMILES string of the molecule is COC(=O)[C@H](CSSC[C@H](NC(=O)CC[C@H](NC(=O)C(F)(F)F)C(=O)OC)C(=O)OC)NC(=O)CC[C@H](NC(=O)C(F)(F)F)C(=O)OC. The topological polar surface area (TPSA) is 222 Å². The fourth-order valence-corrected chi connectivity index (χ4v) is 5.50. The number of hydrogen-bond donors (Lipinski definition) is 4. The minimum atomic E-state index is -5.32. The van der Waals surface area contributed by atoms with Gasteiger partial charge in [-0.2, -0.15) is 26.3 Å². The lowest BCUT2D eigenvalue weighted by atomic mass is 10.1. The molecule has 0 aliphatic rings. The molecular weight excluding hydrogens is 714 g/mol. The predicted molar refractivity (Wildman–Crippen MR) is 151 cm³/mol. The lowest BCUT2D eigenvalue weighted by Gasteiger charge is -2.20. The van der Waals surface area contributed by atoms with Crippen molar-refractivity contribution in [2.45, 2.75) is 62.2 Å². The van der Waals surface area contributed by atoms with Crippen molar-refractivity contribution in [1.82, 2.24) is 21.3 Å². The number of carbonyl (C=O) groups excluding carboxylic acids is 8. The number of carbonyl (C=O) groups is 8. The molecule has 274 valence electrons. The standard InChI is InChI=1S/C24H32F6N4O12S2/c1-43-17(37)11(33-21(41)23(25,26)27)5-7-15(35)31-13(19(39)45-3)9-47-48-10-14(20(40)46-4)32-16(36)8-6-12(18(38)44-2)34-22(42)24(28,29)30/h11-14H,5-10H2,1-4H3,(H,31,35)(H,32,36)(H,33,41)(H,34,42)/t11-,12-,13-,14-/m0/s1. The Balaban J connectivity index is 5.20. The van der Waals surface area contributed by atoms with Crippen molar-refractivity contribution in [2.24, 2.45) is 0 Å². The van der Waals surface area contributed by atoms with Crippen LogP contribution in [0, 0.1) is 0 Å². The van der Waals surface area contributed by atoms with Crippen LogP contribution in [0.4, 0.5) is 26.3 Å². The highest BCUT2D eigenvalue weighted by molar-refractivity contribution is 8.76. The van der Waals surface area contributed by atoms with Crippen LogP contribution < -0.4 is 21.3 Å². The summed E-state index contributed by atoms with van der Waals surface area (Å²) in [6, 6.07) is -6.39. The fraction of sp³-hybridized carbons (Fsp3) is 0.667. The van der Waals surface area contributed by atoms with Crippen LogP contribution in [0.3, 0.4) is 0 Å². The minimum absolute atomic E-state index is 0.226. The molecule has 0 heterocycles. The van der Waals surface area contributed by atoms with E-state index in [4.69, 9.17) is 0 Å². The summed E-state index contributed by atoms with van der Waals surface area (Å²) >= 11 is 0. The molecule has 0 radical (unpaired) electrons. The molecule has 4 amide bonds. The van der Waals surface area contributed by atoms with Crippen molar-refractivity contribution in [2.75, 3.05) is 39.9 Å². The summed E-state index contributed by atoms with van der Waals surface area (Å²) in [5.41, 5.74) is 0. The Kier molecular flexibility index (Phi) is 19.4. The minimum Gasteiger partial charge on any atom is -0.467 e. The van der Waals surface area contributed by atoms with Gasteiger partial charge < -0.3 is 40.2 Å². The first-order chi connectivity index (χ1) is 22.2. The number of ether oxygens (including phenoxy) is 4. The Morgan fingerprint density at radius 1 is 0.500 bits per heavy atom. The summed E-state index contributed by atoms with van der Waals surface area (Å²) in [4.78, 5) is 95.1. The van der Waals surface area contributed by atoms with Gasteiger partial charge in [0.1, 0.15) is 24.2 Å². The molecule has 4 atom stereocenters. The highest BCUT2D eigenvalue weighted by atomic mass is 33.1. The summed E-state index contributed by atoms with van der Waals surface area (Å²) in [7, 11) is 5.42. The summed E-state index contributed by atoms with van der Waals surface area (Å²) in [6.45, 7) is 0. The van der Waals surface area contributed by atoms with E-state index in [9.17, 15) is 64.7 Å². The van der Waals surface area contributed by atoms with Crippen molar-refractivity contribution < 1.29 is 83.6 Å². The van der Waals surface area contributed by atoms with Gasteiger partial charge in [-0.3, -0.25) is 19.2 Å². The summed E-state index contributed by atoms with van der Waals surface area (Å²) in [6.07, 6.45) is -13.2. The smallest absolute Gasteiger partial charge is 0.467 e. The van der Waals surface area contributed by atoms with Crippen LogP contribution in [0.1, 0.15) is 25.7 Å². The van der Waals surface area contributed by atoms with Crippen LogP contribution >= 0.6 is 21.6 Å². The Morgan fingerprint density at radius 2 is 0.771 bits per heavy atom. The number of hydrogen-bond acceptors (Lipinski definition) is 14. The molecule has 0 saturated heterocycles. The third-order valence-corrected chi connectivity index (χ3v) is 8.03. The number of rotatable bonds is 19. The molecule has 24 heteroatoms. The summed E-state index contributed by atoms with van der Waals surface area (Å²) in [5.74, 6) is -11.6. The zero-order valence-electron chi connectivity index (χ0n) is 25.5. The van der Waals surface area contributed by atoms with Gasteiger partial charge in [0.25, 0.3) is 0 Å². The fourth-order valence-electron chi connectivity index (χ4n) is 3.20. The monoisotopic (exact) mass is 746 g/mol. The second-order valence-electron chi connectivity index (χ2n) is 9.03. The third kappa shape index (κ3) is 16.7. The van der Waals surface area contributed by atoms with E-state index in [-0.39, 0.29) is 11.5 Å². The molecule has 0 aromatic heterocycles. The highest BCUT2D eigenvalue weighted by Gasteiger charge is 2.42. The van der Waals surface area contributed by atoms with Crippen molar-refractivity contribution in [1.29, 1.82) is 0 Å². The predicted octanol–water partition coefficient (Wildman–Crippen LogP) is -0.316. The molecule has 0 unspecified atom stereocenters.